The molecule has 0 aromatic carbocycles. The van der Waals surface area contributed by atoms with Crippen molar-refractivity contribution in [2.24, 2.45) is 0 Å². The van der Waals surface area contributed by atoms with Crippen LogP contribution < -0.4 is 5.73 Å². The smallest absolute Gasteiger partial charge is 0.180 e. The average molecular weight is 356 g/mol. The molecule has 0 bridgehead atoms. The second kappa shape index (κ2) is 6.03. The lowest BCUT2D eigenvalue weighted by molar-refractivity contribution is 0.202. The van der Waals surface area contributed by atoms with Gasteiger partial charge in [-0.1, -0.05) is 20.8 Å². The van der Waals surface area contributed by atoms with Crippen LogP contribution in [0, 0.1) is 6.92 Å². The molecule has 2 N–H and O–H groups in total. The first kappa shape index (κ1) is 17.6. The first-order valence-electron chi connectivity index (χ1n) is 7.38. The summed E-state index contributed by atoms with van der Waals surface area (Å²) in [7, 11) is -1.80. The lowest BCUT2D eigenvalue weighted by atomic mass is 10.2. The van der Waals surface area contributed by atoms with Crippen LogP contribution in [-0.4, -0.2) is 18.3 Å². The molecule has 123 valence electrons. The molecular formula is C15H25N3OS2Si-. The van der Waals surface area contributed by atoms with Gasteiger partial charge in [-0.25, -0.2) is 9.97 Å². The predicted molar refractivity (Wildman–Crippen MR) is 99.1 cm³/mol. The summed E-state index contributed by atoms with van der Waals surface area (Å²) in [5, 5.41) is 3.79. The summed E-state index contributed by atoms with van der Waals surface area (Å²) in [6, 6.07) is 0. The maximum absolute atomic E-state index is 6.44. The molecule has 7 heteroatoms. The second-order valence-corrected chi connectivity index (χ2v) is 13.7. The number of anilines is 1. The van der Waals surface area contributed by atoms with Gasteiger partial charge >= 0.3 is 0 Å². The molecule has 2 rings (SSSR count). The van der Waals surface area contributed by atoms with Crippen molar-refractivity contribution >= 4 is 36.1 Å². The number of thiazole rings is 2. The summed E-state index contributed by atoms with van der Waals surface area (Å²) in [5.74, 6) is 0. The van der Waals surface area contributed by atoms with Crippen molar-refractivity contribution < 1.29 is 4.43 Å². The number of hydrogen-bond donors (Lipinski definition) is 1. The van der Waals surface area contributed by atoms with Gasteiger partial charge in [-0.05, 0) is 22.2 Å². The van der Waals surface area contributed by atoms with E-state index in [-0.39, 0.29) is 11.1 Å². The fourth-order valence-electron chi connectivity index (χ4n) is 1.89. The Hall–Kier alpha value is -0.763. The third-order valence-corrected chi connectivity index (χ3v) is 10.8. The Morgan fingerprint density at radius 3 is 2.41 bits per heavy atom. The Bertz CT molecular complexity index is 658. The molecule has 0 aliphatic carbocycles. The Kier molecular flexibility index (Phi) is 4.82. The molecule has 0 fully saturated rings. The highest BCUT2D eigenvalue weighted by molar-refractivity contribution is 7.16. The molecule has 1 unspecified atom stereocenters. The van der Waals surface area contributed by atoms with Gasteiger partial charge in [0, 0.05) is 5.38 Å². The van der Waals surface area contributed by atoms with E-state index >= 15 is 0 Å². The van der Waals surface area contributed by atoms with Crippen molar-refractivity contribution in [3.8, 4) is 10.6 Å². The summed E-state index contributed by atoms with van der Waals surface area (Å²) >= 11 is 3.12. The van der Waals surface area contributed by atoms with Crippen LogP contribution in [0.3, 0.4) is 0 Å². The van der Waals surface area contributed by atoms with Crippen LogP contribution >= 0.6 is 22.7 Å². The number of nitrogens with two attached hydrogens (primary N) is 1. The lowest BCUT2D eigenvalue weighted by Crippen LogP contribution is -2.41. The van der Waals surface area contributed by atoms with Crippen LogP contribution in [0.15, 0.2) is 5.38 Å². The molecule has 2 aromatic rings. The van der Waals surface area contributed by atoms with Crippen LogP contribution in [-0.2, 0) is 4.43 Å². The quantitative estimate of drug-likeness (QED) is 0.762. The number of hydrogen-bond acceptors (Lipinski definition) is 6. The van der Waals surface area contributed by atoms with Crippen LogP contribution in [0.5, 0.6) is 0 Å². The average Bonchev–Trinajstić information content (AvgIpc) is 2.93. The first-order valence-corrected chi connectivity index (χ1v) is 12.0. The highest BCUT2D eigenvalue weighted by atomic mass is 32.1. The fourth-order valence-corrected chi connectivity index (χ4v) is 4.96. The molecule has 2 aromatic heterocycles. The van der Waals surface area contributed by atoms with Crippen LogP contribution in [0.25, 0.3) is 10.6 Å². The van der Waals surface area contributed by atoms with E-state index in [2.05, 4.69) is 45.8 Å². The molecule has 1 atom stereocenters. The summed E-state index contributed by atoms with van der Waals surface area (Å²) in [5.41, 5.74) is 7.65. The zero-order valence-corrected chi connectivity index (χ0v) is 17.0. The monoisotopic (exact) mass is 355 g/mol. The van der Waals surface area contributed by atoms with Gasteiger partial charge in [0.1, 0.15) is 5.01 Å². The minimum Gasteiger partial charge on any atom is -0.557 e. The Labute approximate surface area is 141 Å². The largest absolute Gasteiger partial charge is 0.557 e. The maximum atomic E-state index is 6.44. The van der Waals surface area contributed by atoms with Crippen LogP contribution in [0.4, 0.5) is 5.13 Å². The molecule has 4 nitrogen and oxygen atoms in total. The van der Waals surface area contributed by atoms with E-state index in [0.29, 0.717) is 5.13 Å². The van der Waals surface area contributed by atoms with Crippen LogP contribution in [0.2, 0.25) is 18.1 Å². The van der Waals surface area contributed by atoms with Crippen molar-refractivity contribution in [2.75, 3.05) is 5.73 Å². The maximum Gasteiger partial charge on any atom is 0.180 e. The van der Waals surface area contributed by atoms with E-state index in [1.165, 1.54) is 11.3 Å². The minimum atomic E-state index is -1.80. The van der Waals surface area contributed by atoms with Crippen LogP contribution in [0.1, 0.15) is 44.5 Å². The van der Waals surface area contributed by atoms with Gasteiger partial charge in [0.05, 0.1) is 22.4 Å². The molecule has 0 amide bonds. The van der Waals surface area contributed by atoms with E-state index in [4.69, 9.17) is 15.1 Å². The number of rotatable bonds is 4. The van der Waals surface area contributed by atoms with Gasteiger partial charge in [-0.15, -0.1) is 40.8 Å². The van der Waals surface area contributed by atoms with Gasteiger partial charge in [0.25, 0.3) is 0 Å². The molecule has 0 radical (unpaired) electrons. The molecule has 2 heterocycles. The highest BCUT2D eigenvalue weighted by Gasteiger charge is 2.28. The topological polar surface area (TPSA) is 61.0 Å². The highest BCUT2D eigenvalue weighted by Crippen LogP contribution is 2.41. The molecule has 0 saturated carbocycles. The van der Waals surface area contributed by atoms with Gasteiger partial charge in [-0.2, -0.15) is 0 Å². The molecule has 0 aliphatic rings. The standard InChI is InChI=1S/C15H25N3OS2Si/c1-9-12(11-8-20-14(16)18-11)21-13(17-9)10(2)19-22(6,7)15(3,4)5/h8,10H,1-7H3,(H2,16,18)/q-1. The van der Waals surface area contributed by atoms with Crippen molar-refractivity contribution in [2.45, 2.75) is 58.9 Å². The molecule has 0 aliphatic heterocycles. The van der Waals surface area contributed by atoms with E-state index in [1.54, 1.807) is 11.3 Å². The Morgan fingerprint density at radius 1 is 1.27 bits per heavy atom. The van der Waals surface area contributed by atoms with Gasteiger partial charge in [0.15, 0.2) is 5.13 Å². The third kappa shape index (κ3) is 3.59. The van der Waals surface area contributed by atoms with Crippen molar-refractivity contribution in [3.05, 3.63) is 16.1 Å². The summed E-state index contributed by atoms with van der Waals surface area (Å²) in [4.78, 5) is 10.2. The molecule has 0 saturated heterocycles. The number of nitrogens with zero attached hydrogens (tertiary/aromatic N) is 2. The van der Waals surface area contributed by atoms with Gasteiger partial charge < -0.3 is 10.2 Å². The van der Waals surface area contributed by atoms with Crippen molar-refractivity contribution in [3.63, 3.8) is 0 Å². The summed E-state index contributed by atoms with van der Waals surface area (Å²) in [6.07, 6.45) is 0.00863. The normalized spacial score (nSPS) is 14.3. The summed E-state index contributed by atoms with van der Waals surface area (Å²) < 4.78 is 6.44. The van der Waals surface area contributed by atoms with E-state index in [9.17, 15) is 0 Å². The second-order valence-electron chi connectivity index (χ2n) is 7.06. The Balaban J connectivity index is 2.24. The third-order valence-electron chi connectivity index (χ3n) is 4.19. The number of aryl methyl sites for hydroxylation is 1. The zero-order chi connectivity index (χ0) is 16.7. The van der Waals surface area contributed by atoms with E-state index < -0.39 is 8.32 Å². The molecule has 0 spiro atoms. The van der Waals surface area contributed by atoms with Gasteiger partial charge in [-0.3, -0.25) is 0 Å². The van der Waals surface area contributed by atoms with E-state index in [0.717, 1.165) is 21.3 Å². The predicted octanol–water partition coefficient (Wildman–Crippen LogP) is 5.24. The SMILES string of the molecule is Cc1nc(C(C)O[Si-](C)(C)C(C)(C)C)sc1-c1csc(N)n1. The van der Waals surface area contributed by atoms with Crippen molar-refractivity contribution in [1.29, 1.82) is 0 Å². The summed E-state index contributed by atoms with van der Waals surface area (Å²) in [6.45, 7) is 15.4. The Morgan fingerprint density at radius 2 is 1.91 bits per heavy atom. The lowest BCUT2D eigenvalue weighted by Gasteiger charge is -2.50. The van der Waals surface area contributed by atoms with Crippen molar-refractivity contribution in [1.82, 2.24) is 9.97 Å². The molecule has 22 heavy (non-hydrogen) atoms. The minimum absolute atomic E-state index is 0.00863. The van der Waals surface area contributed by atoms with E-state index in [1.807, 2.05) is 12.3 Å². The fraction of sp³-hybridized carbons (Fsp3) is 0.600. The first-order chi connectivity index (χ1) is 10.0. The number of nitrogen functional groups attached to an aromatic ring is 1. The molecular weight excluding hydrogens is 330 g/mol. The number of aromatic nitrogens is 2. The zero-order valence-electron chi connectivity index (χ0n) is 14.4. The van der Waals surface area contributed by atoms with Gasteiger partial charge in [0.2, 0.25) is 0 Å².